The number of hydrogen-bond donors (Lipinski definition) is 1. The summed E-state index contributed by atoms with van der Waals surface area (Å²) < 4.78 is 5.38. The number of thiophene rings is 1. The normalized spacial score (nSPS) is 15.7. The number of nitro groups is 2. The molecule has 10 nitrogen and oxygen atoms in total. The van der Waals surface area contributed by atoms with E-state index in [0.29, 0.717) is 13.2 Å². The summed E-state index contributed by atoms with van der Waals surface area (Å²) in [5.41, 5.74) is -1.11. The molecule has 0 spiro atoms. The number of amides is 1. The van der Waals surface area contributed by atoms with Gasteiger partial charge < -0.3 is 10.1 Å². The number of carbonyl (C=O) groups excluding carboxylic acids is 1. The number of nitro benzene ring substituents is 2. The van der Waals surface area contributed by atoms with Crippen LogP contribution in [0.1, 0.15) is 21.3 Å². The highest BCUT2D eigenvalue weighted by molar-refractivity contribution is 7.10. The number of non-ortho nitro benzene ring substituents is 2. The maximum absolute atomic E-state index is 12.6. The summed E-state index contributed by atoms with van der Waals surface area (Å²) in [6.45, 7) is 2.93. The van der Waals surface area contributed by atoms with E-state index >= 15 is 0 Å². The first kappa shape index (κ1) is 19.9. The van der Waals surface area contributed by atoms with E-state index in [9.17, 15) is 25.0 Å². The van der Waals surface area contributed by atoms with Gasteiger partial charge in [-0.15, -0.1) is 11.3 Å². The van der Waals surface area contributed by atoms with Crippen LogP contribution in [0.2, 0.25) is 0 Å². The molecule has 0 radical (unpaired) electrons. The molecule has 0 saturated carbocycles. The first-order chi connectivity index (χ1) is 13.5. The van der Waals surface area contributed by atoms with Gasteiger partial charge in [0, 0.05) is 36.6 Å². The molecule has 148 valence electrons. The Labute approximate surface area is 164 Å². The molecule has 11 heteroatoms. The minimum Gasteiger partial charge on any atom is -0.379 e. The smallest absolute Gasteiger partial charge is 0.277 e. The van der Waals surface area contributed by atoms with Crippen molar-refractivity contribution in [2.75, 3.05) is 32.8 Å². The molecule has 1 aromatic heterocycles. The summed E-state index contributed by atoms with van der Waals surface area (Å²) in [6, 6.07) is 6.75. The van der Waals surface area contributed by atoms with E-state index in [1.54, 1.807) is 11.3 Å². The SMILES string of the molecule is O=C(NC[C@H](c1cccs1)N1CCOCC1)c1cc([N+](=O)[O-])cc([N+](=O)[O-])c1. The third-order valence-electron chi connectivity index (χ3n) is 4.40. The molecule has 1 fully saturated rings. The van der Waals surface area contributed by atoms with E-state index in [1.165, 1.54) is 0 Å². The van der Waals surface area contributed by atoms with Gasteiger partial charge in [0.15, 0.2) is 0 Å². The van der Waals surface area contributed by atoms with E-state index in [-0.39, 0.29) is 18.2 Å². The lowest BCUT2D eigenvalue weighted by molar-refractivity contribution is -0.394. The summed E-state index contributed by atoms with van der Waals surface area (Å²) in [6.07, 6.45) is 0. The van der Waals surface area contributed by atoms with E-state index in [4.69, 9.17) is 4.74 Å². The van der Waals surface area contributed by atoms with Gasteiger partial charge in [0.05, 0.1) is 40.7 Å². The molecule has 0 unspecified atom stereocenters. The number of nitrogens with one attached hydrogen (secondary N) is 1. The van der Waals surface area contributed by atoms with Crippen molar-refractivity contribution in [2.24, 2.45) is 0 Å². The second-order valence-electron chi connectivity index (χ2n) is 6.14. The zero-order chi connectivity index (χ0) is 20.1. The van der Waals surface area contributed by atoms with E-state index in [2.05, 4.69) is 10.2 Å². The van der Waals surface area contributed by atoms with E-state index < -0.39 is 27.1 Å². The molecule has 1 saturated heterocycles. The fourth-order valence-electron chi connectivity index (χ4n) is 3.01. The first-order valence-electron chi connectivity index (χ1n) is 8.53. The Bertz CT molecular complexity index is 834. The molecule has 1 aromatic carbocycles. The average molecular weight is 406 g/mol. The molecule has 1 aliphatic heterocycles. The monoisotopic (exact) mass is 406 g/mol. The quantitative estimate of drug-likeness (QED) is 0.552. The minimum absolute atomic E-state index is 0.0680. The van der Waals surface area contributed by atoms with Crippen molar-refractivity contribution >= 4 is 28.6 Å². The van der Waals surface area contributed by atoms with Gasteiger partial charge in [-0.25, -0.2) is 0 Å². The maximum Gasteiger partial charge on any atom is 0.277 e. The van der Waals surface area contributed by atoms with E-state index in [0.717, 1.165) is 36.2 Å². The maximum atomic E-state index is 12.6. The Morgan fingerprint density at radius 1 is 1.18 bits per heavy atom. The second-order valence-corrected chi connectivity index (χ2v) is 7.12. The number of carbonyl (C=O) groups is 1. The summed E-state index contributed by atoms with van der Waals surface area (Å²) in [5.74, 6) is -0.596. The predicted octanol–water partition coefficient (Wildman–Crippen LogP) is 2.37. The lowest BCUT2D eigenvalue weighted by Gasteiger charge is -2.34. The van der Waals surface area contributed by atoms with Gasteiger partial charge in [-0.05, 0) is 11.4 Å². The lowest BCUT2D eigenvalue weighted by Crippen LogP contribution is -2.43. The molecule has 2 heterocycles. The van der Waals surface area contributed by atoms with Crippen molar-refractivity contribution < 1.29 is 19.4 Å². The third-order valence-corrected chi connectivity index (χ3v) is 5.37. The van der Waals surface area contributed by atoms with Crippen LogP contribution in [0.15, 0.2) is 35.7 Å². The Morgan fingerprint density at radius 3 is 2.36 bits per heavy atom. The number of rotatable bonds is 7. The van der Waals surface area contributed by atoms with Gasteiger partial charge in [-0.1, -0.05) is 6.07 Å². The molecule has 0 aliphatic carbocycles. The molecule has 2 aromatic rings. The molecule has 0 bridgehead atoms. The molecule has 1 atom stereocenters. The number of nitrogens with zero attached hydrogens (tertiary/aromatic N) is 3. The van der Waals surface area contributed by atoms with Crippen LogP contribution < -0.4 is 5.32 Å². The van der Waals surface area contributed by atoms with Gasteiger partial charge in [-0.2, -0.15) is 0 Å². The summed E-state index contributed by atoms with van der Waals surface area (Å²) in [5, 5.41) is 26.7. The first-order valence-corrected chi connectivity index (χ1v) is 9.41. The zero-order valence-electron chi connectivity index (χ0n) is 14.8. The van der Waals surface area contributed by atoms with Crippen molar-refractivity contribution in [3.8, 4) is 0 Å². The molecule has 28 heavy (non-hydrogen) atoms. The van der Waals surface area contributed by atoms with Gasteiger partial charge in [-0.3, -0.25) is 29.9 Å². The summed E-state index contributed by atoms with van der Waals surface area (Å²) >= 11 is 1.57. The van der Waals surface area contributed by atoms with Gasteiger partial charge in [0.25, 0.3) is 17.3 Å². The standard InChI is InChI=1S/C17H18N4O6S/c22-17(12-8-13(20(23)24)10-14(9-12)21(25)26)18-11-15(16-2-1-7-28-16)19-3-5-27-6-4-19/h1-2,7-10,15H,3-6,11H2,(H,18,22)/t15-/m1/s1. The van der Waals surface area contributed by atoms with E-state index in [1.807, 2.05) is 17.5 Å². The van der Waals surface area contributed by atoms with Crippen molar-refractivity contribution in [1.29, 1.82) is 0 Å². The summed E-state index contributed by atoms with van der Waals surface area (Å²) in [7, 11) is 0. The van der Waals surface area contributed by atoms with Crippen molar-refractivity contribution in [2.45, 2.75) is 6.04 Å². The fourth-order valence-corrected chi connectivity index (χ4v) is 3.87. The van der Waals surface area contributed by atoms with Crippen LogP contribution in [0.25, 0.3) is 0 Å². The van der Waals surface area contributed by atoms with Crippen LogP contribution in [0.3, 0.4) is 0 Å². The highest BCUT2D eigenvalue weighted by Crippen LogP contribution is 2.26. The van der Waals surface area contributed by atoms with Crippen LogP contribution in [-0.2, 0) is 4.74 Å². The zero-order valence-corrected chi connectivity index (χ0v) is 15.6. The molecule has 1 aliphatic rings. The molecule has 1 amide bonds. The molecule has 3 rings (SSSR count). The van der Waals surface area contributed by atoms with Crippen LogP contribution >= 0.6 is 11.3 Å². The van der Waals surface area contributed by atoms with Crippen LogP contribution in [-0.4, -0.2) is 53.5 Å². The predicted molar refractivity (Wildman–Crippen MR) is 102 cm³/mol. The Hall–Kier alpha value is -2.89. The lowest BCUT2D eigenvalue weighted by atomic mass is 10.1. The van der Waals surface area contributed by atoms with Gasteiger partial charge in [0.1, 0.15) is 0 Å². The Kier molecular flexibility index (Phi) is 6.29. The average Bonchev–Trinajstić information content (AvgIpc) is 3.23. The minimum atomic E-state index is -0.758. The highest BCUT2D eigenvalue weighted by atomic mass is 32.1. The molecular weight excluding hydrogens is 388 g/mol. The number of morpholine rings is 1. The Balaban J connectivity index is 1.77. The highest BCUT2D eigenvalue weighted by Gasteiger charge is 2.25. The summed E-state index contributed by atoms with van der Waals surface area (Å²) in [4.78, 5) is 36.3. The van der Waals surface area contributed by atoms with Crippen LogP contribution in [0.5, 0.6) is 0 Å². The third kappa shape index (κ3) is 4.68. The number of ether oxygens (including phenoxy) is 1. The van der Waals surface area contributed by atoms with Crippen molar-refractivity contribution in [1.82, 2.24) is 10.2 Å². The second kappa shape index (κ2) is 8.87. The van der Waals surface area contributed by atoms with Gasteiger partial charge in [0.2, 0.25) is 0 Å². The van der Waals surface area contributed by atoms with Crippen LogP contribution in [0.4, 0.5) is 11.4 Å². The number of hydrogen-bond acceptors (Lipinski definition) is 8. The van der Waals surface area contributed by atoms with Gasteiger partial charge >= 0.3 is 0 Å². The van der Waals surface area contributed by atoms with Crippen molar-refractivity contribution in [3.05, 3.63) is 66.4 Å². The molecule has 1 N–H and O–H groups in total. The number of benzene rings is 1. The Morgan fingerprint density at radius 2 is 1.82 bits per heavy atom. The fraction of sp³-hybridized carbons (Fsp3) is 0.353. The largest absolute Gasteiger partial charge is 0.379 e. The van der Waals surface area contributed by atoms with Crippen molar-refractivity contribution in [3.63, 3.8) is 0 Å². The topological polar surface area (TPSA) is 128 Å². The van der Waals surface area contributed by atoms with Crippen LogP contribution in [0, 0.1) is 20.2 Å². The molecular formula is C17H18N4O6S.